The maximum absolute atomic E-state index is 10.3. The highest BCUT2D eigenvalue weighted by molar-refractivity contribution is 5.71. The predicted molar refractivity (Wildman–Crippen MR) is 88.8 cm³/mol. The molecular weight excluding hydrogens is 262 g/mol. The van der Waals surface area contributed by atoms with Gasteiger partial charge in [0.1, 0.15) is 5.75 Å². The second kappa shape index (κ2) is 12.0. The van der Waals surface area contributed by atoms with Crippen LogP contribution in [0.1, 0.15) is 51.4 Å². The zero-order valence-corrected chi connectivity index (χ0v) is 12.9. The second-order valence-corrected chi connectivity index (χ2v) is 5.19. The number of nitrogens with one attached hydrogen (secondary N) is 1. The fourth-order valence-electron chi connectivity index (χ4n) is 2.18. The largest absolute Gasteiger partial charge is 0.494 e. The Bertz CT molecular complexity index is 387. The summed E-state index contributed by atoms with van der Waals surface area (Å²) in [4.78, 5) is 10.3. The summed E-state index contributed by atoms with van der Waals surface area (Å²) in [6.07, 6.45) is 12.7. The fraction of sp³-hybridized carbons (Fsp3) is 0.500. The smallest absolute Gasteiger partial charge is 0.211 e. The van der Waals surface area contributed by atoms with Crippen molar-refractivity contribution in [2.45, 2.75) is 51.4 Å². The molecule has 1 aromatic carbocycles. The third kappa shape index (κ3) is 8.90. The number of unbranched alkanes of at least 4 members (excludes halogenated alkanes) is 7. The average molecular weight is 289 g/mol. The molecule has 1 N–H and O–H groups in total. The number of hydrogen-bond acceptors (Lipinski definition) is 2. The van der Waals surface area contributed by atoms with Crippen LogP contribution < -0.4 is 10.1 Å². The van der Waals surface area contributed by atoms with Crippen LogP contribution in [0.5, 0.6) is 5.75 Å². The van der Waals surface area contributed by atoms with Gasteiger partial charge in [0.15, 0.2) is 0 Å². The monoisotopic (exact) mass is 289 g/mol. The molecule has 0 heterocycles. The number of hydrogen-bond donors (Lipinski definition) is 1. The zero-order valence-electron chi connectivity index (χ0n) is 12.9. The molecule has 0 bridgehead atoms. The highest BCUT2D eigenvalue weighted by Crippen LogP contribution is 2.16. The molecule has 0 saturated heterocycles. The molecule has 1 amide bonds. The van der Waals surface area contributed by atoms with Crippen molar-refractivity contribution in [3.63, 3.8) is 0 Å². The maximum atomic E-state index is 10.3. The summed E-state index contributed by atoms with van der Waals surface area (Å²) in [5.74, 6) is 0.857. The third-order valence-corrected chi connectivity index (χ3v) is 3.40. The molecular formula is C18H27NO2. The summed E-state index contributed by atoms with van der Waals surface area (Å²) < 4.78 is 5.67. The lowest BCUT2D eigenvalue weighted by Gasteiger charge is -2.07. The SMILES string of the molecule is C=CCCCCCCCCCOc1ccc(NC=O)cc1. The van der Waals surface area contributed by atoms with Gasteiger partial charge in [-0.15, -0.1) is 6.58 Å². The maximum Gasteiger partial charge on any atom is 0.211 e. The molecule has 0 spiro atoms. The molecule has 0 aliphatic heterocycles. The number of ether oxygens (including phenoxy) is 1. The summed E-state index contributed by atoms with van der Waals surface area (Å²) in [6.45, 7) is 4.50. The molecule has 0 aliphatic carbocycles. The van der Waals surface area contributed by atoms with E-state index >= 15 is 0 Å². The van der Waals surface area contributed by atoms with E-state index in [4.69, 9.17) is 4.74 Å². The Balaban J connectivity index is 1.96. The first kappa shape index (κ1) is 17.3. The first-order valence-electron chi connectivity index (χ1n) is 7.91. The molecule has 0 unspecified atom stereocenters. The Labute approximate surface area is 128 Å². The van der Waals surface area contributed by atoms with Crippen molar-refractivity contribution in [2.24, 2.45) is 0 Å². The van der Waals surface area contributed by atoms with Crippen LogP contribution in [0.25, 0.3) is 0 Å². The van der Waals surface area contributed by atoms with E-state index in [9.17, 15) is 4.79 Å². The van der Waals surface area contributed by atoms with Gasteiger partial charge in [-0.1, -0.05) is 38.2 Å². The van der Waals surface area contributed by atoms with E-state index in [1.54, 1.807) is 0 Å². The van der Waals surface area contributed by atoms with E-state index in [1.165, 1.54) is 38.5 Å². The van der Waals surface area contributed by atoms with Crippen LogP contribution >= 0.6 is 0 Å². The predicted octanol–water partition coefficient (Wildman–Crippen LogP) is 4.94. The van der Waals surface area contributed by atoms with Crippen molar-refractivity contribution in [1.82, 2.24) is 0 Å². The molecule has 0 saturated carbocycles. The molecule has 3 heteroatoms. The highest BCUT2D eigenvalue weighted by atomic mass is 16.5. The molecule has 1 rings (SSSR count). The van der Waals surface area contributed by atoms with Crippen molar-refractivity contribution in [1.29, 1.82) is 0 Å². The molecule has 0 fully saturated rings. The Kier molecular flexibility index (Phi) is 9.88. The van der Waals surface area contributed by atoms with Gasteiger partial charge in [0.25, 0.3) is 0 Å². The van der Waals surface area contributed by atoms with Gasteiger partial charge in [0, 0.05) is 5.69 Å². The Morgan fingerprint density at radius 1 is 0.952 bits per heavy atom. The molecule has 3 nitrogen and oxygen atoms in total. The topological polar surface area (TPSA) is 38.3 Å². The molecule has 116 valence electrons. The zero-order chi connectivity index (χ0) is 15.2. The molecule has 0 radical (unpaired) electrons. The summed E-state index contributed by atoms with van der Waals surface area (Å²) in [5, 5.41) is 2.60. The molecule has 0 aromatic heterocycles. The van der Waals surface area contributed by atoms with Gasteiger partial charge >= 0.3 is 0 Å². The summed E-state index contributed by atoms with van der Waals surface area (Å²) in [7, 11) is 0. The lowest BCUT2D eigenvalue weighted by Crippen LogP contribution is -1.98. The quantitative estimate of drug-likeness (QED) is 0.317. The first-order chi connectivity index (χ1) is 10.4. The van der Waals surface area contributed by atoms with Gasteiger partial charge in [-0.3, -0.25) is 4.79 Å². The van der Waals surface area contributed by atoms with Crippen LogP contribution in [0.3, 0.4) is 0 Å². The van der Waals surface area contributed by atoms with Gasteiger partial charge in [-0.2, -0.15) is 0 Å². The number of benzene rings is 1. The van der Waals surface area contributed by atoms with Crippen LogP contribution in [0.2, 0.25) is 0 Å². The number of anilines is 1. The number of rotatable bonds is 13. The van der Waals surface area contributed by atoms with Crippen molar-refractivity contribution < 1.29 is 9.53 Å². The molecule has 1 aromatic rings. The Morgan fingerprint density at radius 3 is 2.19 bits per heavy atom. The fourth-order valence-corrected chi connectivity index (χ4v) is 2.18. The van der Waals surface area contributed by atoms with Crippen molar-refractivity contribution in [3.05, 3.63) is 36.9 Å². The van der Waals surface area contributed by atoms with E-state index in [0.717, 1.165) is 30.9 Å². The van der Waals surface area contributed by atoms with E-state index in [-0.39, 0.29) is 0 Å². The highest BCUT2D eigenvalue weighted by Gasteiger charge is 1.96. The lowest BCUT2D eigenvalue weighted by molar-refractivity contribution is -0.105. The minimum Gasteiger partial charge on any atom is -0.494 e. The van der Waals surface area contributed by atoms with E-state index in [2.05, 4.69) is 11.9 Å². The van der Waals surface area contributed by atoms with Crippen LogP contribution in [0, 0.1) is 0 Å². The average Bonchev–Trinajstić information content (AvgIpc) is 2.51. The second-order valence-electron chi connectivity index (χ2n) is 5.19. The van der Waals surface area contributed by atoms with Crippen molar-refractivity contribution in [2.75, 3.05) is 11.9 Å². The standard InChI is InChI=1S/C18H27NO2/c1-2-3-4-5-6-7-8-9-10-15-21-18-13-11-17(12-14-18)19-16-20/h2,11-14,16H,1,3-10,15H2,(H,19,20). The normalized spacial score (nSPS) is 10.1. The number of carbonyl (C=O) groups excluding carboxylic acids is 1. The number of carbonyl (C=O) groups is 1. The van der Waals surface area contributed by atoms with Gasteiger partial charge in [-0.05, 0) is 43.5 Å². The third-order valence-electron chi connectivity index (χ3n) is 3.40. The summed E-state index contributed by atoms with van der Waals surface area (Å²) in [5.41, 5.74) is 0.786. The van der Waals surface area contributed by atoms with Gasteiger partial charge in [-0.25, -0.2) is 0 Å². The van der Waals surface area contributed by atoms with Crippen molar-refractivity contribution >= 4 is 12.1 Å². The van der Waals surface area contributed by atoms with E-state index in [1.807, 2.05) is 30.3 Å². The number of allylic oxidation sites excluding steroid dienone is 1. The summed E-state index contributed by atoms with van der Waals surface area (Å²) in [6, 6.07) is 7.44. The van der Waals surface area contributed by atoms with Gasteiger partial charge in [0.2, 0.25) is 6.41 Å². The van der Waals surface area contributed by atoms with Crippen LogP contribution in [-0.2, 0) is 4.79 Å². The lowest BCUT2D eigenvalue weighted by atomic mass is 10.1. The van der Waals surface area contributed by atoms with Gasteiger partial charge < -0.3 is 10.1 Å². The van der Waals surface area contributed by atoms with Crippen LogP contribution in [0.4, 0.5) is 5.69 Å². The molecule has 0 atom stereocenters. The first-order valence-corrected chi connectivity index (χ1v) is 7.91. The molecule has 21 heavy (non-hydrogen) atoms. The number of amides is 1. The van der Waals surface area contributed by atoms with Crippen LogP contribution in [-0.4, -0.2) is 13.0 Å². The van der Waals surface area contributed by atoms with Crippen molar-refractivity contribution in [3.8, 4) is 5.75 Å². The van der Waals surface area contributed by atoms with Crippen LogP contribution in [0.15, 0.2) is 36.9 Å². The van der Waals surface area contributed by atoms with Gasteiger partial charge in [0.05, 0.1) is 6.61 Å². The Hall–Kier alpha value is -1.77. The molecule has 0 aliphatic rings. The minimum absolute atomic E-state index is 0.674. The minimum atomic E-state index is 0.674. The summed E-state index contributed by atoms with van der Waals surface area (Å²) >= 11 is 0. The Morgan fingerprint density at radius 2 is 1.57 bits per heavy atom. The van der Waals surface area contributed by atoms with E-state index < -0.39 is 0 Å². The van der Waals surface area contributed by atoms with E-state index in [0.29, 0.717) is 6.41 Å².